The Kier molecular flexibility index (Phi) is 7.66. The van der Waals surface area contributed by atoms with E-state index in [1.165, 1.54) is 12.0 Å². The summed E-state index contributed by atoms with van der Waals surface area (Å²) in [6.07, 6.45) is 0.666. The number of ether oxygens (including phenoxy) is 1. The first-order valence-electron chi connectivity index (χ1n) is 11.5. The van der Waals surface area contributed by atoms with Gasteiger partial charge in [-0.3, -0.25) is 9.59 Å². The molecule has 184 valence electrons. The number of rotatable bonds is 9. The van der Waals surface area contributed by atoms with E-state index in [9.17, 15) is 19.5 Å². The second kappa shape index (κ2) is 10.3. The van der Waals surface area contributed by atoms with Crippen LogP contribution in [-0.2, 0) is 14.3 Å². The van der Waals surface area contributed by atoms with E-state index in [1.54, 1.807) is 32.9 Å². The zero-order valence-corrected chi connectivity index (χ0v) is 20.7. The van der Waals surface area contributed by atoms with E-state index in [2.05, 4.69) is 23.7 Å². The molecular formula is C25H33N3O6. The third kappa shape index (κ3) is 4.52. The molecule has 2 aromatic heterocycles. The van der Waals surface area contributed by atoms with Crippen LogP contribution >= 0.6 is 0 Å². The summed E-state index contributed by atoms with van der Waals surface area (Å²) in [6.45, 7) is 12.2. The normalized spacial score (nSPS) is 17.7. The quantitative estimate of drug-likeness (QED) is 0.249. The van der Waals surface area contributed by atoms with Crippen LogP contribution in [0.2, 0.25) is 0 Å². The van der Waals surface area contributed by atoms with Crippen molar-refractivity contribution in [1.29, 1.82) is 0 Å². The standard InChI is InChI=1S/C25H33N3O6/c1-7-27(8-2)12-9-13-28-21(17-11-10-14(3)34-17)19(23(30)24(28)31)22(29)18-15(4)20(25(32)33-6)26-16(18)5/h10-11,21,26,29H,7-9,12-13H2,1-6H3/b22-19-. The predicted octanol–water partition coefficient (Wildman–Crippen LogP) is 3.47. The minimum absolute atomic E-state index is 0.0520. The van der Waals surface area contributed by atoms with Gasteiger partial charge in [-0.2, -0.15) is 0 Å². The molecule has 9 nitrogen and oxygen atoms in total. The molecule has 1 amide bonds. The first-order chi connectivity index (χ1) is 16.2. The number of hydrogen-bond donors (Lipinski definition) is 2. The fourth-order valence-corrected chi connectivity index (χ4v) is 4.56. The number of nitrogens with zero attached hydrogens (tertiary/aromatic N) is 2. The number of methoxy groups -OCH3 is 1. The van der Waals surface area contributed by atoms with Gasteiger partial charge in [-0.15, -0.1) is 0 Å². The molecule has 3 rings (SSSR count). The molecule has 1 aliphatic heterocycles. The Balaban J connectivity index is 2.09. The summed E-state index contributed by atoms with van der Waals surface area (Å²) in [5.74, 6) is -1.36. The predicted molar refractivity (Wildman–Crippen MR) is 126 cm³/mol. The zero-order chi connectivity index (χ0) is 25.2. The number of aryl methyl sites for hydroxylation is 2. The van der Waals surface area contributed by atoms with Crippen LogP contribution < -0.4 is 0 Å². The Bertz CT molecular complexity index is 1120. The number of carbonyl (C=O) groups excluding carboxylic acids is 3. The lowest BCUT2D eigenvalue weighted by Gasteiger charge is -2.25. The topological polar surface area (TPSA) is 116 Å². The number of amides is 1. The highest BCUT2D eigenvalue weighted by Gasteiger charge is 2.47. The average molecular weight is 472 g/mol. The summed E-state index contributed by atoms with van der Waals surface area (Å²) < 4.78 is 10.6. The first kappa shape index (κ1) is 25.3. The molecule has 0 aromatic carbocycles. The number of Topliss-reactive ketones (excluding diaryl/α,β-unsaturated/α-hetero) is 1. The molecule has 2 aromatic rings. The van der Waals surface area contributed by atoms with Crippen molar-refractivity contribution in [2.24, 2.45) is 0 Å². The highest BCUT2D eigenvalue weighted by molar-refractivity contribution is 6.46. The van der Waals surface area contributed by atoms with Crippen LogP contribution in [0.5, 0.6) is 0 Å². The van der Waals surface area contributed by atoms with Crippen LogP contribution in [0.25, 0.3) is 5.76 Å². The lowest BCUT2D eigenvalue weighted by atomic mass is 9.97. The van der Waals surface area contributed by atoms with Gasteiger partial charge < -0.3 is 29.0 Å². The van der Waals surface area contributed by atoms with Crippen molar-refractivity contribution in [3.63, 3.8) is 0 Å². The van der Waals surface area contributed by atoms with Crippen LogP contribution in [0.15, 0.2) is 22.1 Å². The van der Waals surface area contributed by atoms with Crippen LogP contribution in [0, 0.1) is 20.8 Å². The number of carbonyl (C=O) groups is 3. The number of nitrogens with one attached hydrogen (secondary N) is 1. The van der Waals surface area contributed by atoms with Crippen LogP contribution in [0.3, 0.4) is 0 Å². The molecule has 1 aliphatic rings. The van der Waals surface area contributed by atoms with Crippen molar-refractivity contribution in [3.8, 4) is 0 Å². The van der Waals surface area contributed by atoms with E-state index in [1.807, 2.05) is 0 Å². The Hall–Kier alpha value is -3.33. The van der Waals surface area contributed by atoms with E-state index < -0.39 is 23.7 Å². The third-order valence-electron chi connectivity index (χ3n) is 6.40. The number of esters is 1. The van der Waals surface area contributed by atoms with Crippen LogP contribution in [0.4, 0.5) is 0 Å². The van der Waals surface area contributed by atoms with Crippen molar-refractivity contribution >= 4 is 23.4 Å². The van der Waals surface area contributed by atoms with Crippen molar-refractivity contribution < 1.29 is 28.6 Å². The smallest absolute Gasteiger partial charge is 0.354 e. The van der Waals surface area contributed by atoms with Gasteiger partial charge in [0.15, 0.2) is 0 Å². The summed E-state index contributed by atoms with van der Waals surface area (Å²) in [7, 11) is 1.26. The highest BCUT2D eigenvalue weighted by Crippen LogP contribution is 2.41. The molecule has 9 heteroatoms. The number of aliphatic hydroxyl groups excluding tert-OH is 1. The Morgan fingerprint density at radius 3 is 2.44 bits per heavy atom. The lowest BCUT2D eigenvalue weighted by molar-refractivity contribution is -0.140. The van der Waals surface area contributed by atoms with E-state index in [4.69, 9.17) is 9.15 Å². The van der Waals surface area contributed by atoms with Crippen molar-refractivity contribution in [1.82, 2.24) is 14.8 Å². The Morgan fingerprint density at radius 2 is 1.88 bits per heavy atom. The van der Waals surface area contributed by atoms with Gasteiger partial charge in [0, 0.05) is 17.8 Å². The molecule has 2 N–H and O–H groups in total. The number of furan rings is 1. The lowest BCUT2D eigenvalue weighted by Crippen LogP contribution is -2.33. The number of aromatic amines is 1. The molecule has 0 radical (unpaired) electrons. The van der Waals surface area contributed by atoms with Gasteiger partial charge in [0.1, 0.15) is 29.0 Å². The van der Waals surface area contributed by atoms with Crippen LogP contribution in [-0.4, -0.2) is 70.8 Å². The second-order valence-electron chi connectivity index (χ2n) is 8.44. The number of likely N-dealkylation sites (tertiary alicyclic amines) is 1. The van der Waals surface area contributed by atoms with Crippen LogP contribution in [0.1, 0.15) is 65.1 Å². The molecule has 1 atom stereocenters. The molecule has 0 saturated carbocycles. The van der Waals surface area contributed by atoms with Gasteiger partial charge in [-0.25, -0.2) is 4.79 Å². The SMILES string of the molecule is CCN(CC)CCCN1C(=O)C(=O)/C(=C(\O)c2c(C)[nH]c(C(=O)OC)c2C)C1c1ccc(C)o1. The molecule has 0 bridgehead atoms. The first-order valence-corrected chi connectivity index (χ1v) is 11.5. The van der Waals surface area contributed by atoms with Crippen molar-refractivity contribution in [2.75, 3.05) is 33.3 Å². The number of aliphatic hydroxyl groups is 1. The Morgan fingerprint density at radius 1 is 1.21 bits per heavy atom. The summed E-state index contributed by atoms with van der Waals surface area (Å²) in [5.41, 5.74) is 1.35. The maximum absolute atomic E-state index is 13.2. The minimum atomic E-state index is -0.860. The van der Waals surface area contributed by atoms with E-state index in [0.29, 0.717) is 41.3 Å². The van der Waals surface area contributed by atoms with Crippen molar-refractivity contribution in [2.45, 2.75) is 47.1 Å². The minimum Gasteiger partial charge on any atom is -0.507 e. The van der Waals surface area contributed by atoms with E-state index in [0.717, 1.165) is 19.6 Å². The van der Waals surface area contributed by atoms with Gasteiger partial charge in [0.25, 0.3) is 11.7 Å². The van der Waals surface area contributed by atoms with Gasteiger partial charge >= 0.3 is 5.97 Å². The maximum Gasteiger partial charge on any atom is 0.354 e. The van der Waals surface area contributed by atoms with Gasteiger partial charge in [0.05, 0.1) is 12.7 Å². The summed E-state index contributed by atoms with van der Waals surface area (Å²) in [6, 6.07) is 2.61. The van der Waals surface area contributed by atoms with Gasteiger partial charge in [-0.05, 0) is 64.5 Å². The van der Waals surface area contributed by atoms with Gasteiger partial charge in [0.2, 0.25) is 0 Å². The molecule has 0 spiro atoms. The summed E-state index contributed by atoms with van der Waals surface area (Å²) in [4.78, 5) is 45.0. The number of hydrogen-bond acceptors (Lipinski definition) is 7. The van der Waals surface area contributed by atoms with E-state index in [-0.39, 0.29) is 17.0 Å². The maximum atomic E-state index is 13.2. The molecular weight excluding hydrogens is 438 g/mol. The average Bonchev–Trinajstić information content (AvgIpc) is 3.45. The molecule has 0 aliphatic carbocycles. The number of H-pyrrole nitrogens is 1. The second-order valence-corrected chi connectivity index (χ2v) is 8.44. The monoisotopic (exact) mass is 471 g/mol. The van der Waals surface area contributed by atoms with E-state index >= 15 is 0 Å². The largest absolute Gasteiger partial charge is 0.507 e. The Labute approximate surface area is 199 Å². The third-order valence-corrected chi connectivity index (χ3v) is 6.40. The van der Waals surface area contributed by atoms with Crippen molar-refractivity contribution in [3.05, 3.63) is 51.7 Å². The molecule has 3 heterocycles. The summed E-state index contributed by atoms with van der Waals surface area (Å²) >= 11 is 0. The summed E-state index contributed by atoms with van der Waals surface area (Å²) in [5, 5.41) is 11.3. The number of aromatic nitrogens is 1. The molecule has 1 unspecified atom stereocenters. The fourth-order valence-electron chi connectivity index (χ4n) is 4.56. The molecule has 1 fully saturated rings. The molecule has 34 heavy (non-hydrogen) atoms. The fraction of sp³-hybridized carbons (Fsp3) is 0.480. The van der Waals surface area contributed by atoms with Gasteiger partial charge in [-0.1, -0.05) is 13.8 Å². The highest BCUT2D eigenvalue weighted by atomic mass is 16.5. The number of ketones is 1. The molecule has 1 saturated heterocycles. The zero-order valence-electron chi connectivity index (χ0n) is 20.7.